The van der Waals surface area contributed by atoms with E-state index in [0.717, 1.165) is 18.7 Å². The molecule has 19 heavy (non-hydrogen) atoms. The van der Waals surface area contributed by atoms with Crippen LogP contribution < -0.4 is 5.32 Å². The molecular weight excluding hydrogens is 281 g/mol. The molecule has 2 heterocycles. The zero-order valence-corrected chi connectivity index (χ0v) is 12.1. The smallest absolute Gasteiger partial charge is 0.0763 e. The highest BCUT2D eigenvalue weighted by molar-refractivity contribution is 6.34. The molecule has 2 aromatic heterocycles. The second kappa shape index (κ2) is 6.85. The Kier molecular flexibility index (Phi) is 5.14. The molecule has 3 nitrogen and oxygen atoms in total. The van der Waals surface area contributed by atoms with E-state index >= 15 is 0 Å². The number of nitrogens with zero attached hydrogens (tertiary/aromatic N) is 2. The summed E-state index contributed by atoms with van der Waals surface area (Å²) in [5.41, 5.74) is 2.01. The minimum Gasteiger partial charge on any atom is -0.309 e. The van der Waals surface area contributed by atoms with Crippen LogP contribution in [-0.4, -0.2) is 16.5 Å². The third kappa shape index (κ3) is 3.90. The fraction of sp³-hybridized carbons (Fsp3) is 0.286. The second-order valence-electron chi connectivity index (χ2n) is 4.19. The Morgan fingerprint density at radius 2 is 2.00 bits per heavy atom. The van der Waals surface area contributed by atoms with Crippen molar-refractivity contribution in [3.63, 3.8) is 0 Å². The third-order valence-electron chi connectivity index (χ3n) is 2.81. The van der Waals surface area contributed by atoms with Crippen molar-refractivity contribution in [3.8, 4) is 0 Å². The molecule has 0 aliphatic carbocycles. The quantitative estimate of drug-likeness (QED) is 0.914. The average Bonchev–Trinajstić information content (AvgIpc) is 2.39. The lowest BCUT2D eigenvalue weighted by molar-refractivity contribution is 0.537. The highest BCUT2D eigenvalue weighted by Crippen LogP contribution is 2.26. The van der Waals surface area contributed by atoms with E-state index in [-0.39, 0.29) is 6.04 Å². The van der Waals surface area contributed by atoms with Gasteiger partial charge in [-0.05, 0) is 36.7 Å². The molecule has 0 fully saturated rings. The largest absolute Gasteiger partial charge is 0.309 e. The summed E-state index contributed by atoms with van der Waals surface area (Å²) in [6, 6.07) is 5.78. The van der Waals surface area contributed by atoms with Gasteiger partial charge in [0.15, 0.2) is 0 Å². The van der Waals surface area contributed by atoms with Crippen molar-refractivity contribution in [2.45, 2.75) is 19.4 Å². The summed E-state index contributed by atoms with van der Waals surface area (Å²) in [4.78, 5) is 8.37. The molecule has 1 N–H and O–H groups in total. The fourth-order valence-electron chi connectivity index (χ4n) is 1.95. The molecule has 0 saturated carbocycles. The maximum Gasteiger partial charge on any atom is 0.0763 e. The van der Waals surface area contributed by atoms with Gasteiger partial charge in [-0.25, -0.2) is 0 Å². The van der Waals surface area contributed by atoms with Crippen LogP contribution in [0.3, 0.4) is 0 Å². The van der Waals surface area contributed by atoms with Gasteiger partial charge in [-0.2, -0.15) is 0 Å². The number of hydrogen-bond acceptors (Lipinski definition) is 3. The Bertz CT molecular complexity index is 531. The van der Waals surface area contributed by atoms with Gasteiger partial charge in [0.25, 0.3) is 0 Å². The molecule has 0 bridgehead atoms. The number of likely N-dealkylation sites (N-methyl/N-ethyl adjacent to an activating group) is 1. The molecule has 0 radical (unpaired) electrons. The maximum absolute atomic E-state index is 6.23. The molecule has 100 valence electrons. The maximum atomic E-state index is 6.23. The summed E-state index contributed by atoms with van der Waals surface area (Å²) in [7, 11) is 0. The molecule has 2 aromatic rings. The van der Waals surface area contributed by atoms with Crippen LogP contribution in [0, 0.1) is 0 Å². The number of hydrogen-bond donors (Lipinski definition) is 1. The van der Waals surface area contributed by atoms with Crippen molar-refractivity contribution in [2.75, 3.05) is 6.54 Å². The topological polar surface area (TPSA) is 37.8 Å². The van der Waals surface area contributed by atoms with Crippen LogP contribution in [-0.2, 0) is 6.42 Å². The number of aromatic nitrogens is 2. The zero-order valence-electron chi connectivity index (χ0n) is 10.6. The van der Waals surface area contributed by atoms with Crippen molar-refractivity contribution >= 4 is 23.2 Å². The third-order valence-corrected chi connectivity index (χ3v) is 3.32. The standard InChI is InChI=1S/C14H15Cl2N3/c1-2-18-13(7-10-3-5-17-6-4-10)14-12(16)8-11(15)9-19-14/h3-6,8-9,13,18H,2,7H2,1H3. The van der Waals surface area contributed by atoms with Crippen LogP contribution in [0.25, 0.3) is 0 Å². The summed E-state index contributed by atoms with van der Waals surface area (Å²) in [5, 5.41) is 4.54. The van der Waals surface area contributed by atoms with Crippen molar-refractivity contribution in [2.24, 2.45) is 0 Å². The molecule has 5 heteroatoms. The first-order valence-corrected chi connectivity index (χ1v) is 6.89. The molecule has 0 amide bonds. The lowest BCUT2D eigenvalue weighted by Crippen LogP contribution is -2.24. The van der Waals surface area contributed by atoms with Gasteiger partial charge in [0.05, 0.1) is 21.8 Å². The van der Waals surface area contributed by atoms with Crippen LogP contribution in [0.15, 0.2) is 36.8 Å². The van der Waals surface area contributed by atoms with Crippen LogP contribution in [0.2, 0.25) is 10.0 Å². The van der Waals surface area contributed by atoms with E-state index < -0.39 is 0 Å². The van der Waals surface area contributed by atoms with Gasteiger partial charge in [-0.1, -0.05) is 30.1 Å². The van der Waals surface area contributed by atoms with E-state index in [0.29, 0.717) is 10.0 Å². The number of halogens is 2. The lowest BCUT2D eigenvalue weighted by Gasteiger charge is -2.18. The van der Waals surface area contributed by atoms with Crippen LogP contribution >= 0.6 is 23.2 Å². The zero-order chi connectivity index (χ0) is 13.7. The minimum absolute atomic E-state index is 0.0668. The minimum atomic E-state index is 0.0668. The molecule has 1 atom stereocenters. The average molecular weight is 296 g/mol. The van der Waals surface area contributed by atoms with Crippen LogP contribution in [0.5, 0.6) is 0 Å². The Labute approximate surface area is 123 Å². The summed E-state index contributed by atoms with van der Waals surface area (Å²) in [5.74, 6) is 0. The van der Waals surface area contributed by atoms with Gasteiger partial charge in [0.1, 0.15) is 0 Å². The summed E-state index contributed by atoms with van der Waals surface area (Å²) in [6.45, 7) is 2.90. The summed E-state index contributed by atoms with van der Waals surface area (Å²) < 4.78 is 0. The predicted molar refractivity (Wildman–Crippen MR) is 78.6 cm³/mol. The van der Waals surface area contributed by atoms with E-state index in [9.17, 15) is 0 Å². The SMILES string of the molecule is CCNC(Cc1ccncc1)c1ncc(Cl)cc1Cl. The van der Waals surface area contributed by atoms with Gasteiger partial charge in [0, 0.05) is 18.6 Å². The van der Waals surface area contributed by atoms with Gasteiger partial charge >= 0.3 is 0 Å². The first kappa shape index (κ1) is 14.3. The van der Waals surface area contributed by atoms with Gasteiger partial charge in [0.2, 0.25) is 0 Å². The number of nitrogens with one attached hydrogen (secondary N) is 1. The van der Waals surface area contributed by atoms with Crippen molar-refractivity contribution in [1.29, 1.82) is 0 Å². The Morgan fingerprint density at radius 3 is 2.63 bits per heavy atom. The van der Waals surface area contributed by atoms with Crippen molar-refractivity contribution in [1.82, 2.24) is 15.3 Å². The monoisotopic (exact) mass is 295 g/mol. The normalized spacial score (nSPS) is 12.4. The van der Waals surface area contributed by atoms with Gasteiger partial charge in [-0.15, -0.1) is 0 Å². The molecule has 0 spiro atoms. The van der Waals surface area contributed by atoms with Crippen molar-refractivity contribution < 1.29 is 0 Å². The van der Waals surface area contributed by atoms with E-state index in [1.807, 2.05) is 12.1 Å². The molecule has 0 aliphatic heterocycles. The highest BCUT2D eigenvalue weighted by Gasteiger charge is 2.16. The molecule has 1 unspecified atom stereocenters. The Balaban J connectivity index is 2.24. The Morgan fingerprint density at radius 1 is 1.26 bits per heavy atom. The van der Waals surface area contributed by atoms with Gasteiger partial charge in [-0.3, -0.25) is 9.97 Å². The highest BCUT2D eigenvalue weighted by atomic mass is 35.5. The Hall–Kier alpha value is -1.16. The molecule has 0 saturated heterocycles. The number of rotatable bonds is 5. The molecule has 0 aliphatic rings. The first-order chi connectivity index (χ1) is 9.20. The lowest BCUT2D eigenvalue weighted by atomic mass is 10.0. The second-order valence-corrected chi connectivity index (χ2v) is 5.03. The molecular formula is C14H15Cl2N3. The van der Waals surface area contributed by atoms with E-state index in [2.05, 4.69) is 22.2 Å². The summed E-state index contributed by atoms with van der Waals surface area (Å²) >= 11 is 12.1. The van der Waals surface area contributed by atoms with Crippen LogP contribution in [0.4, 0.5) is 0 Å². The fourth-order valence-corrected chi connectivity index (χ4v) is 2.46. The van der Waals surface area contributed by atoms with Gasteiger partial charge < -0.3 is 5.32 Å². The van der Waals surface area contributed by atoms with E-state index in [1.54, 1.807) is 24.7 Å². The molecule has 2 rings (SSSR count). The van der Waals surface area contributed by atoms with Crippen LogP contribution in [0.1, 0.15) is 24.2 Å². The van der Waals surface area contributed by atoms with Crippen molar-refractivity contribution in [3.05, 3.63) is 58.1 Å². The first-order valence-electron chi connectivity index (χ1n) is 6.14. The molecule has 0 aromatic carbocycles. The van der Waals surface area contributed by atoms with E-state index in [4.69, 9.17) is 23.2 Å². The van der Waals surface area contributed by atoms with E-state index in [1.165, 1.54) is 5.56 Å². The summed E-state index contributed by atoms with van der Waals surface area (Å²) in [6.07, 6.45) is 6.01. The predicted octanol–water partition coefficient (Wildman–Crippen LogP) is 3.68. The number of pyridine rings is 2.